The summed E-state index contributed by atoms with van der Waals surface area (Å²) in [5.74, 6) is 0. The Morgan fingerprint density at radius 3 is 2.89 bits per heavy atom. The minimum atomic E-state index is -0.341. The summed E-state index contributed by atoms with van der Waals surface area (Å²) in [5.41, 5.74) is 1.42. The average molecular weight is 280 g/mol. The van der Waals surface area contributed by atoms with Crippen LogP contribution in [0.15, 0.2) is 18.2 Å². The predicted molar refractivity (Wildman–Crippen MR) is 76.5 cm³/mol. The van der Waals surface area contributed by atoms with Crippen molar-refractivity contribution >= 4 is 17.3 Å². The Bertz CT molecular complexity index is 498. The quantitative estimate of drug-likeness (QED) is 0.915. The Balaban J connectivity index is 2.31. The summed E-state index contributed by atoms with van der Waals surface area (Å²) < 4.78 is 0. The van der Waals surface area contributed by atoms with Crippen molar-refractivity contribution in [3.8, 4) is 6.07 Å². The molecule has 5 heteroatoms. The third-order valence-electron chi connectivity index (χ3n) is 3.36. The summed E-state index contributed by atoms with van der Waals surface area (Å²) in [6.45, 7) is 1.42. The van der Waals surface area contributed by atoms with Crippen LogP contribution in [0.2, 0.25) is 5.02 Å². The summed E-state index contributed by atoms with van der Waals surface area (Å²) in [6, 6.07) is 7.73. The maximum absolute atomic E-state index is 9.89. The van der Waals surface area contributed by atoms with Crippen molar-refractivity contribution in [3.63, 3.8) is 0 Å². The second-order valence-corrected chi connectivity index (χ2v) is 5.67. The van der Waals surface area contributed by atoms with E-state index >= 15 is 0 Å². The van der Waals surface area contributed by atoms with E-state index in [1.165, 1.54) is 0 Å². The number of hydrogen-bond donors (Lipinski definition) is 1. The first-order chi connectivity index (χ1) is 9.01. The van der Waals surface area contributed by atoms with Gasteiger partial charge < -0.3 is 14.9 Å². The molecule has 0 spiro atoms. The summed E-state index contributed by atoms with van der Waals surface area (Å²) >= 11 is 5.92. The number of nitrogens with zero attached hydrogens (tertiary/aromatic N) is 3. The Morgan fingerprint density at radius 2 is 2.26 bits per heavy atom. The van der Waals surface area contributed by atoms with Gasteiger partial charge in [0, 0.05) is 24.2 Å². The third kappa shape index (κ3) is 3.19. The van der Waals surface area contributed by atoms with Gasteiger partial charge in [0.2, 0.25) is 0 Å². The molecule has 1 N–H and O–H groups in total. The fourth-order valence-corrected chi connectivity index (χ4v) is 2.80. The molecule has 1 saturated heterocycles. The van der Waals surface area contributed by atoms with E-state index in [0.29, 0.717) is 17.1 Å². The molecule has 0 bridgehead atoms. The number of aliphatic hydroxyl groups is 1. The molecule has 1 aromatic rings. The van der Waals surface area contributed by atoms with Crippen molar-refractivity contribution in [2.45, 2.75) is 18.6 Å². The highest BCUT2D eigenvalue weighted by atomic mass is 35.5. The molecule has 0 amide bonds. The molecule has 0 radical (unpaired) electrons. The van der Waals surface area contributed by atoms with Crippen LogP contribution in [-0.2, 0) is 0 Å². The number of hydrogen-bond acceptors (Lipinski definition) is 4. The molecule has 0 aromatic heterocycles. The van der Waals surface area contributed by atoms with Crippen LogP contribution in [0.3, 0.4) is 0 Å². The molecule has 1 aliphatic rings. The summed E-state index contributed by atoms with van der Waals surface area (Å²) in [5, 5.41) is 19.7. The molecule has 1 aliphatic heterocycles. The number of anilines is 1. The largest absolute Gasteiger partial charge is 0.391 e. The van der Waals surface area contributed by atoms with E-state index in [1.54, 1.807) is 12.1 Å². The van der Waals surface area contributed by atoms with Crippen LogP contribution in [-0.4, -0.2) is 49.3 Å². The van der Waals surface area contributed by atoms with Gasteiger partial charge >= 0.3 is 0 Å². The first-order valence-electron chi connectivity index (χ1n) is 6.30. The van der Waals surface area contributed by atoms with Crippen LogP contribution < -0.4 is 4.90 Å². The molecule has 0 saturated carbocycles. The standard InChI is InChI=1S/C14H18ClN3O/c1-17(2)8-12-6-13(19)9-18(12)14-4-3-11(15)5-10(14)7-16/h3-5,12-13,19H,6,8-9H2,1-2H3. The van der Waals surface area contributed by atoms with Gasteiger partial charge in [-0.05, 0) is 38.7 Å². The maximum Gasteiger partial charge on any atom is 0.101 e. The lowest BCUT2D eigenvalue weighted by atomic mass is 10.1. The van der Waals surface area contributed by atoms with Crippen LogP contribution >= 0.6 is 11.6 Å². The Morgan fingerprint density at radius 1 is 1.53 bits per heavy atom. The predicted octanol–water partition coefficient (Wildman–Crippen LogP) is 1.71. The van der Waals surface area contributed by atoms with Crippen LogP contribution in [0.4, 0.5) is 5.69 Å². The van der Waals surface area contributed by atoms with Gasteiger partial charge in [0.05, 0.1) is 17.4 Å². The van der Waals surface area contributed by atoms with Crippen molar-refractivity contribution < 1.29 is 5.11 Å². The molecule has 2 unspecified atom stereocenters. The SMILES string of the molecule is CN(C)CC1CC(O)CN1c1ccc(Cl)cc1C#N. The van der Waals surface area contributed by atoms with Crippen LogP contribution in [0.5, 0.6) is 0 Å². The topological polar surface area (TPSA) is 50.5 Å². The number of aliphatic hydroxyl groups excluding tert-OH is 1. The van der Waals surface area contributed by atoms with Gasteiger partial charge in [-0.25, -0.2) is 0 Å². The molecule has 4 nitrogen and oxygen atoms in total. The molecule has 2 atom stereocenters. The maximum atomic E-state index is 9.89. The van der Waals surface area contributed by atoms with Gasteiger partial charge in [-0.2, -0.15) is 5.26 Å². The van der Waals surface area contributed by atoms with Crippen molar-refractivity contribution in [1.29, 1.82) is 5.26 Å². The van der Waals surface area contributed by atoms with Gasteiger partial charge in [0.25, 0.3) is 0 Å². The fourth-order valence-electron chi connectivity index (χ4n) is 2.63. The third-order valence-corrected chi connectivity index (χ3v) is 3.59. The molecule has 0 aliphatic carbocycles. The zero-order chi connectivity index (χ0) is 14.0. The van der Waals surface area contributed by atoms with Gasteiger partial charge in [-0.15, -0.1) is 0 Å². The molecule has 1 aromatic carbocycles. The average Bonchev–Trinajstić information content (AvgIpc) is 2.69. The molecule has 102 valence electrons. The van der Waals surface area contributed by atoms with E-state index in [9.17, 15) is 10.4 Å². The van der Waals surface area contributed by atoms with Crippen molar-refractivity contribution in [2.24, 2.45) is 0 Å². The highest BCUT2D eigenvalue weighted by Gasteiger charge is 2.32. The molecule has 19 heavy (non-hydrogen) atoms. The monoisotopic (exact) mass is 279 g/mol. The van der Waals surface area contributed by atoms with Crippen molar-refractivity contribution in [1.82, 2.24) is 4.90 Å². The normalized spacial score (nSPS) is 22.8. The smallest absolute Gasteiger partial charge is 0.101 e. The minimum Gasteiger partial charge on any atom is -0.391 e. The lowest BCUT2D eigenvalue weighted by molar-refractivity contribution is 0.191. The lowest BCUT2D eigenvalue weighted by Gasteiger charge is -2.29. The molecular weight excluding hydrogens is 262 g/mol. The summed E-state index contributed by atoms with van der Waals surface area (Å²) in [6.07, 6.45) is 0.387. The van der Waals surface area contributed by atoms with Crippen LogP contribution in [0.25, 0.3) is 0 Å². The van der Waals surface area contributed by atoms with E-state index in [2.05, 4.69) is 15.9 Å². The van der Waals surface area contributed by atoms with E-state index < -0.39 is 0 Å². The van der Waals surface area contributed by atoms with Crippen LogP contribution in [0, 0.1) is 11.3 Å². The van der Waals surface area contributed by atoms with Gasteiger partial charge in [0.15, 0.2) is 0 Å². The van der Waals surface area contributed by atoms with E-state index in [0.717, 1.165) is 18.7 Å². The van der Waals surface area contributed by atoms with Crippen LogP contribution in [0.1, 0.15) is 12.0 Å². The zero-order valence-corrected chi connectivity index (χ0v) is 11.9. The summed E-state index contributed by atoms with van der Waals surface area (Å²) in [7, 11) is 4.02. The second-order valence-electron chi connectivity index (χ2n) is 5.23. The van der Waals surface area contributed by atoms with Gasteiger partial charge in [-0.1, -0.05) is 11.6 Å². The Hall–Kier alpha value is -1.28. The molecule has 2 rings (SSSR count). The number of rotatable bonds is 3. The molecular formula is C14H18ClN3O. The first kappa shape index (κ1) is 14.1. The van der Waals surface area contributed by atoms with E-state index in [4.69, 9.17) is 11.6 Å². The first-order valence-corrected chi connectivity index (χ1v) is 6.68. The minimum absolute atomic E-state index is 0.221. The van der Waals surface area contributed by atoms with Gasteiger partial charge in [0.1, 0.15) is 6.07 Å². The highest BCUT2D eigenvalue weighted by Crippen LogP contribution is 2.30. The fraction of sp³-hybridized carbons (Fsp3) is 0.500. The number of halogens is 1. The van der Waals surface area contributed by atoms with Crippen molar-refractivity contribution in [3.05, 3.63) is 28.8 Å². The number of nitriles is 1. The second kappa shape index (κ2) is 5.79. The Kier molecular flexibility index (Phi) is 4.31. The zero-order valence-electron chi connectivity index (χ0n) is 11.2. The Labute approximate surface area is 118 Å². The summed E-state index contributed by atoms with van der Waals surface area (Å²) in [4.78, 5) is 4.21. The number of likely N-dealkylation sites (N-methyl/N-ethyl adjacent to an activating group) is 1. The van der Waals surface area contributed by atoms with E-state index in [-0.39, 0.29) is 12.1 Å². The molecule has 1 heterocycles. The van der Waals surface area contributed by atoms with Crippen molar-refractivity contribution in [2.75, 3.05) is 32.1 Å². The van der Waals surface area contributed by atoms with Gasteiger partial charge in [-0.3, -0.25) is 0 Å². The lowest BCUT2D eigenvalue weighted by Crippen LogP contribution is -2.38. The molecule has 1 fully saturated rings. The highest BCUT2D eigenvalue weighted by molar-refractivity contribution is 6.30. The number of β-amino-alcohol motifs (C(OH)–C–C–N with tert-alkyl or cyclic N) is 1. The number of benzene rings is 1. The van der Waals surface area contributed by atoms with E-state index in [1.807, 2.05) is 20.2 Å².